The minimum Gasteiger partial charge on any atom is -0.454 e. The Morgan fingerprint density at radius 2 is 2.10 bits per heavy atom. The number of benzene rings is 1. The van der Waals surface area contributed by atoms with Crippen LogP contribution in [0.25, 0.3) is 6.08 Å². The third kappa shape index (κ3) is 4.42. The second-order valence-corrected chi connectivity index (χ2v) is 8.79. The molecule has 0 bridgehead atoms. The SMILES string of the molecule is Cc1c(Cc2ccc3c(c2)OCO3)sc(NC(=O)/C=C/c2ccc([N+](=O)[O-])s2)c1C#N. The Morgan fingerprint density at radius 1 is 1.29 bits per heavy atom. The Labute approximate surface area is 185 Å². The van der Waals surface area contributed by atoms with Gasteiger partial charge >= 0.3 is 5.00 Å². The van der Waals surface area contributed by atoms with E-state index in [2.05, 4.69) is 11.4 Å². The van der Waals surface area contributed by atoms with Crippen LogP contribution in [0.4, 0.5) is 10.0 Å². The fraction of sp³-hybridized carbons (Fsp3) is 0.143. The van der Waals surface area contributed by atoms with Crippen molar-refractivity contribution in [2.24, 2.45) is 0 Å². The lowest BCUT2D eigenvalue weighted by molar-refractivity contribution is -0.380. The van der Waals surface area contributed by atoms with E-state index in [9.17, 15) is 20.2 Å². The maximum absolute atomic E-state index is 12.3. The molecule has 0 saturated carbocycles. The van der Waals surface area contributed by atoms with Gasteiger partial charge in [-0.05, 0) is 42.3 Å². The normalized spacial score (nSPS) is 12.1. The lowest BCUT2D eigenvalue weighted by Crippen LogP contribution is -2.07. The van der Waals surface area contributed by atoms with Crippen molar-refractivity contribution in [2.45, 2.75) is 13.3 Å². The lowest BCUT2D eigenvalue weighted by atomic mass is 10.1. The molecule has 0 radical (unpaired) electrons. The Morgan fingerprint density at radius 3 is 2.84 bits per heavy atom. The molecule has 31 heavy (non-hydrogen) atoms. The summed E-state index contributed by atoms with van der Waals surface area (Å²) in [7, 11) is 0. The van der Waals surface area contributed by atoms with Gasteiger partial charge in [0.1, 0.15) is 11.1 Å². The van der Waals surface area contributed by atoms with Crippen molar-refractivity contribution < 1.29 is 19.2 Å². The number of nitro groups is 1. The first-order valence-corrected chi connectivity index (χ1v) is 10.7. The van der Waals surface area contributed by atoms with Gasteiger partial charge in [0.15, 0.2) is 11.5 Å². The van der Waals surface area contributed by atoms with Crippen LogP contribution in [0, 0.1) is 28.4 Å². The maximum Gasteiger partial charge on any atom is 0.324 e. The molecule has 0 saturated heterocycles. The molecule has 1 aliphatic rings. The summed E-state index contributed by atoms with van der Waals surface area (Å²) >= 11 is 2.33. The third-order valence-corrected chi connectivity index (χ3v) is 6.80. The van der Waals surface area contributed by atoms with Crippen molar-refractivity contribution in [2.75, 3.05) is 12.1 Å². The van der Waals surface area contributed by atoms with Gasteiger partial charge in [-0.2, -0.15) is 5.26 Å². The average molecular weight is 454 g/mol. The number of hydrogen-bond acceptors (Lipinski definition) is 8. The number of anilines is 1. The van der Waals surface area contributed by atoms with E-state index in [1.807, 2.05) is 25.1 Å². The standard InChI is InChI=1S/C21H15N3O5S2/c1-12-15(10-22)21(23-19(25)6-3-14-4-7-20(30-14)24(26)27)31-18(12)9-13-2-5-16-17(8-13)29-11-28-16/h2-8H,9,11H2,1H3,(H,23,25)/b6-3+. The van der Waals surface area contributed by atoms with Crippen molar-refractivity contribution in [3.8, 4) is 17.6 Å². The molecule has 0 atom stereocenters. The van der Waals surface area contributed by atoms with Crippen molar-refractivity contribution >= 4 is 44.7 Å². The molecule has 0 unspecified atom stereocenters. The fourth-order valence-corrected chi connectivity index (χ4v) is 4.95. The largest absolute Gasteiger partial charge is 0.454 e. The summed E-state index contributed by atoms with van der Waals surface area (Å²) in [4.78, 5) is 24.2. The van der Waals surface area contributed by atoms with Crippen LogP contribution in [0.2, 0.25) is 0 Å². The fourth-order valence-electron chi connectivity index (χ4n) is 3.03. The van der Waals surface area contributed by atoms with Gasteiger partial charge in [0, 0.05) is 28.3 Å². The second-order valence-electron chi connectivity index (χ2n) is 6.59. The minimum atomic E-state index is -0.475. The zero-order valence-electron chi connectivity index (χ0n) is 16.2. The van der Waals surface area contributed by atoms with Gasteiger partial charge in [0.2, 0.25) is 12.7 Å². The summed E-state index contributed by atoms with van der Waals surface area (Å²) < 4.78 is 10.7. The van der Waals surface area contributed by atoms with E-state index in [0.29, 0.717) is 33.4 Å². The van der Waals surface area contributed by atoms with Crippen LogP contribution in [0.5, 0.6) is 11.5 Å². The molecular formula is C21H15N3O5S2. The molecule has 2 aromatic heterocycles. The van der Waals surface area contributed by atoms with E-state index in [0.717, 1.165) is 27.3 Å². The van der Waals surface area contributed by atoms with Gasteiger partial charge in [0.05, 0.1) is 10.5 Å². The summed E-state index contributed by atoms with van der Waals surface area (Å²) in [5, 5.41) is 23.6. The number of carbonyl (C=O) groups excluding carboxylic acids is 1. The highest BCUT2D eigenvalue weighted by Crippen LogP contribution is 2.37. The Kier molecular flexibility index (Phi) is 5.70. The summed E-state index contributed by atoms with van der Waals surface area (Å²) in [6, 6.07) is 10.8. The summed E-state index contributed by atoms with van der Waals surface area (Å²) in [6.07, 6.45) is 3.39. The molecule has 1 aromatic carbocycles. The second kappa shape index (κ2) is 8.59. The average Bonchev–Trinajstić information content (AvgIpc) is 3.46. The topological polar surface area (TPSA) is 114 Å². The molecule has 1 N–H and O–H groups in total. The first-order valence-electron chi connectivity index (χ1n) is 9.09. The molecule has 0 aliphatic carbocycles. The van der Waals surface area contributed by atoms with Crippen molar-refractivity contribution in [3.63, 3.8) is 0 Å². The molecule has 8 nitrogen and oxygen atoms in total. The van der Waals surface area contributed by atoms with Crippen LogP contribution < -0.4 is 14.8 Å². The minimum absolute atomic E-state index is 0.00821. The predicted octanol–water partition coefficient (Wildman–Crippen LogP) is 4.87. The lowest BCUT2D eigenvalue weighted by Gasteiger charge is -2.02. The molecule has 0 fully saturated rings. The highest BCUT2D eigenvalue weighted by molar-refractivity contribution is 7.17. The van der Waals surface area contributed by atoms with E-state index in [-0.39, 0.29) is 11.8 Å². The van der Waals surface area contributed by atoms with E-state index in [1.165, 1.54) is 29.6 Å². The summed E-state index contributed by atoms with van der Waals surface area (Å²) in [6.45, 7) is 2.06. The van der Waals surface area contributed by atoms with Crippen LogP contribution in [-0.2, 0) is 11.2 Å². The quantitative estimate of drug-likeness (QED) is 0.323. The molecule has 156 valence electrons. The van der Waals surface area contributed by atoms with Crippen molar-refractivity contribution in [3.05, 3.63) is 73.0 Å². The first kappa shape index (κ1) is 20.6. The number of ether oxygens (including phenoxy) is 2. The van der Waals surface area contributed by atoms with E-state index in [4.69, 9.17) is 9.47 Å². The molecule has 1 aliphatic heterocycles. The van der Waals surface area contributed by atoms with Gasteiger partial charge in [-0.15, -0.1) is 11.3 Å². The molecule has 10 heteroatoms. The zero-order chi connectivity index (χ0) is 22.0. The monoisotopic (exact) mass is 453 g/mol. The number of hydrogen-bond donors (Lipinski definition) is 1. The van der Waals surface area contributed by atoms with Crippen molar-refractivity contribution in [1.82, 2.24) is 0 Å². The van der Waals surface area contributed by atoms with E-state index in [1.54, 1.807) is 6.07 Å². The summed E-state index contributed by atoms with van der Waals surface area (Å²) in [5.74, 6) is 0.989. The van der Waals surface area contributed by atoms with E-state index >= 15 is 0 Å². The molecule has 1 amide bonds. The number of nitrogens with one attached hydrogen (secondary N) is 1. The number of rotatable bonds is 6. The highest BCUT2D eigenvalue weighted by atomic mass is 32.1. The molecule has 3 aromatic rings. The Bertz CT molecular complexity index is 1250. The van der Waals surface area contributed by atoms with Crippen LogP contribution in [0.3, 0.4) is 0 Å². The molecule has 4 rings (SSSR count). The number of nitriles is 1. The Hall–Kier alpha value is -3.68. The van der Waals surface area contributed by atoms with Gasteiger partial charge < -0.3 is 14.8 Å². The van der Waals surface area contributed by atoms with Crippen LogP contribution in [-0.4, -0.2) is 17.6 Å². The summed E-state index contributed by atoms with van der Waals surface area (Å²) in [5.41, 5.74) is 2.25. The van der Waals surface area contributed by atoms with Gasteiger partial charge in [-0.1, -0.05) is 17.4 Å². The maximum atomic E-state index is 12.3. The van der Waals surface area contributed by atoms with Crippen LogP contribution in [0.15, 0.2) is 36.4 Å². The van der Waals surface area contributed by atoms with Gasteiger partial charge in [0.25, 0.3) is 0 Å². The molecule has 3 heterocycles. The zero-order valence-corrected chi connectivity index (χ0v) is 17.8. The first-order chi connectivity index (χ1) is 14.9. The number of nitrogens with zero attached hydrogens (tertiary/aromatic N) is 2. The Balaban J connectivity index is 1.49. The van der Waals surface area contributed by atoms with Gasteiger partial charge in [-0.25, -0.2) is 0 Å². The predicted molar refractivity (Wildman–Crippen MR) is 118 cm³/mol. The smallest absolute Gasteiger partial charge is 0.324 e. The van der Waals surface area contributed by atoms with Crippen molar-refractivity contribution in [1.29, 1.82) is 5.26 Å². The van der Waals surface area contributed by atoms with Crippen LogP contribution >= 0.6 is 22.7 Å². The highest BCUT2D eigenvalue weighted by Gasteiger charge is 2.18. The van der Waals surface area contributed by atoms with E-state index < -0.39 is 10.8 Å². The number of thiophene rings is 2. The molecule has 0 spiro atoms. The third-order valence-electron chi connectivity index (χ3n) is 4.59. The number of carbonyl (C=O) groups is 1. The molecular weight excluding hydrogens is 438 g/mol. The number of amides is 1. The van der Waals surface area contributed by atoms with Gasteiger partial charge in [-0.3, -0.25) is 14.9 Å². The van der Waals surface area contributed by atoms with Crippen LogP contribution in [0.1, 0.15) is 26.4 Å². The number of fused-ring (bicyclic) bond motifs is 1.